The molecule has 0 bridgehead atoms. The van der Waals surface area contributed by atoms with Gasteiger partial charge in [-0.05, 0) is 60.6 Å². The van der Waals surface area contributed by atoms with Gasteiger partial charge in [-0.1, -0.05) is 66.7 Å². The summed E-state index contributed by atoms with van der Waals surface area (Å²) in [5, 5.41) is 6.00. The maximum atomic E-state index is 14.3. The molecule has 1 fully saturated rings. The summed E-state index contributed by atoms with van der Waals surface area (Å²) in [5.41, 5.74) is 15.6. The van der Waals surface area contributed by atoms with E-state index in [1.807, 2.05) is 48.5 Å². The lowest BCUT2D eigenvalue weighted by Crippen LogP contribution is -2.56. The molecule has 2 unspecified atom stereocenters. The van der Waals surface area contributed by atoms with E-state index >= 15 is 0 Å². The number of primary amides is 1. The molecule has 0 saturated carbocycles. The number of hydrogen-bond donors (Lipinski definition) is 4. The molecule has 1 aliphatic heterocycles. The Kier molecular flexibility index (Phi) is 8.68. The molecule has 3 aromatic rings. The number of likely N-dealkylation sites (tertiary alicyclic amines) is 1. The minimum Gasteiger partial charge on any atom is -0.366 e. The van der Waals surface area contributed by atoms with Crippen molar-refractivity contribution in [1.29, 1.82) is 0 Å². The molecule has 1 aliphatic carbocycles. The monoisotopic (exact) mass is 567 g/mol. The number of nitrogens with two attached hydrogens (primary N) is 2. The molecular formula is C33H37N5O4. The van der Waals surface area contributed by atoms with Crippen LogP contribution in [0.3, 0.4) is 0 Å². The third kappa shape index (κ3) is 6.36. The van der Waals surface area contributed by atoms with Crippen LogP contribution in [-0.4, -0.2) is 53.2 Å². The van der Waals surface area contributed by atoms with Gasteiger partial charge in [0.25, 0.3) is 0 Å². The van der Waals surface area contributed by atoms with Gasteiger partial charge >= 0.3 is 0 Å². The second kappa shape index (κ2) is 12.6. The maximum absolute atomic E-state index is 14.3. The number of rotatable bonds is 9. The molecular weight excluding hydrogens is 530 g/mol. The summed E-state index contributed by atoms with van der Waals surface area (Å²) in [4.78, 5) is 54.2. The first-order valence-corrected chi connectivity index (χ1v) is 14.4. The lowest BCUT2D eigenvalue weighted by molar-refractivity contribution is -0.141. The lowest BCUT2D eigenvalue weighted by Gasteiger charge is -2.30. The molecule has 1 saturated heterocycles. The Morgan fingerprint density at radius 3 is 2.45 bits per heavy atom. The van der Waals surface area contributed by atoms with Crippen LogP contribution < -0.4 is 22.1 Å². The SMILES string of the molecule is CC(N)C(=O)NC(Cc1cccc(C(N)=O)c1)C(=O)N1C[C@@H](c2ccccc2)C[C@H]1C(=O)N[C@@H]1CCc2ccccc21. The van der Waals surface area contributed by atoms with Gasteiger partial charge < -0.3 is 27.0 Å². The largest absolute Gasteiger partial charge is 0.366 e. The van der Waals surface area contributed by atoms with Crippen molar-refractivity contribution < 1.29 is 19.2 Å². The first-order valence-electron chi connectivity index (χ1n) is 14.4. The topological polar surface area (TPSA) is 148 Å². The standard InChI is InChI=1S/C33H37N5O4/c1-20(34)31(40)37-28(17-21-8-7-12-24(16-21)30(35)39)33(42)38-19-25(22-9-3-2-4-10-22)18-29(38)32(41)36-27-15-14-23-11-5-6-13-26(23)27/h2-13,16,20,25,27-29H,14-15,17-19,34H2,1H3,(H2,35,39)(H,36,41)(H,37,40)/t20?,25-,27+,28?,29-/m0/s1. The Labute approximate surface area is 245 Å². The normalized spacial score (nSPS) is 20.8. The van der Waals surface area contributed by atoms with E-state index in [-0.39, 0.29) is 30.2 Å². The number of carbonyl (C=O) groups is 4. The highest BCUT2D eigenvalue weighted by Gasteiger charge is 2.43. The van der Waals surface area contributed by atoms with E-state index in [1.165, 1.54) is 5.56 Å². The van der Waals surface area contributed by atoms with Crippen LogP contribution in [0, 0.1) is 0 Å². The highest BCUT2D eigenvalue weighted by Crippen LogP contribution is 2.35. The fraction of sp³-hybridized carbons (Fsp3) is 0.333. The van der Waals surface area contributed by atoms with Crippen molar-refractivity contribution in [2.45, 2.75) is 62.7 Å². The quantitative estimate of drug-likeness (QED) is 0.313. The van der Waals surface area contributed by atoms with Crippen LogP contribution in [0.5, 0.6) is 0 Å². The molecule has 218 valence electrons. The van der Waals surface area contributed by atoms with E-state index in [0.29, 0.717) is 24.1 Å². The molecule has 0 spiro atoms. The molecule has 0 radical (unpaired) electrons. The molecule has 0 aromatic heterocycles. The van der Waals surface area contributed by atoms with Gasteiger partial charge in [-0.25, -0.2) is 0 Å². The van der Waals surface area contributed by atoms with Crippen LogP contribution in [0.4, 0.5) is 0 Å². The molecule has 5 atom stereocenters. The Morgan fingerprint density at radius 2 is 1.71 bits per heavy atom. The molecule has 9 heteroatoms. The third-order valence-corrected chi connectivity index (χ3v) is 8.29. The van der Waals surface area contributed by atoms with Crippen LogP contribution in [0.1, 0.15) is 64.3 Å². The number of fused-ring (bicyclic) bond motifs is 1. The Hall–Kier alpha value is -4.50. The Morgan fingerprint density at radius 1 is 0.976 bits per heavy atom. The number of carbonyl (C=O) groups excluding carboxylic acids is 4. The van der Waals surface area contributed by atoms with E-state index in [9.17, 15) is 19.2 Å². The molecule has 6 N–H and O–H groups in total. The van der Waals surface area contributed by atoms with E-state index < -0.39 is 29.9 Å². The first-order chi connectivity index (χ1) is 20.2. The van der Waals surface area contributed by atoms with Gasteiger partial charge in [-0.15, -0.1) is 0 Å². The molecule has 5 rings (SSSR count). The van der Waals surface area contributed by atoms with E-state index in [4.69, 9.17) is 11.5 Å². The minimum absolute atomic E-state index is 0.0512. The third-order valence-electron chi connectivity index (χ3n) is 8.29. The van der Waals surface area contributed by atoms with Crippen molar-refractivity contribution in [3.05, 3.63) is 107 Å². The fourth-order valence-electron chi connectivity index (χ4n) is 6.06. The number of aryl methyl sites for hydroxylation is 1. The van der Waals surface area contributed by atoms with Gasteiger partial charge in [0.2, 0.25) is 23.6 Å². The van der Waals surface area contributed by atoms with Crippen LogP contribution in [0.25, 0.3) is 0 Å². The summed E-state index contributed by atoms with van der Waals surface area (Å²) in [6, 6.07) is 21.9. The summed E-state index contributed by atoms with van der Waals surface area (Å²) in [6.45, 7) is 1.87. The minimum atomic E-state index is -0.997. The second-order valence-electron chi connectivity index (χ2n) is 11.3. The predicted molar refractivity (Wildman–Crippen MR) is 159 cm³/mol. The van der Waals surface area contributed by atoms with Gasteiger partial charge in [-0.2, -0.15) is 0 Å². The summed E-state index contributed by atoms with van der Waals surface area (Å²) in [5.74, 6) is -1.71. The molecule has 3 aromatic carbocycles. The van der Waals surface area contributed by atoms with Crippen LogP contribution in [0.15, 0.2) is 78.9 Å². The average Bonchev–Trinajstić information content (AvgIpc) is 3.62. The lowest BCUT2D eigenvalue weighted by atomic mass is 9.96. The maximum Gasteiger partial charge on any atom is 0.248 e. The second-order valence-corrected chi connectivity index (χ2v) is 11.3. The van der Waals surface area contributed by atoms with E-state index in [2.05, 4.69) is 16.7 Å². The van der Waals surface area contributed by atoms with Gasteiger partial charge in [-0.3, -0.25) is 19.2 Å². The summed E-state index contributed by atoms with van der Waals surface area (Å²) in [6.07, 6.45) is 2.25. The van der Waals surface area contributed by atoms with Crippen molar-refractivity contribution in [2.24, 2.45) is 11.5 Å². The van der Waals surface area contributed by atoms with Crippen molar-refractivity contribution in [2.75, 3.05) is 6.54 Å². The van der Waals surface area contributed by atoms with Crippen molar-refractivity contribution in [1.82, 2.24) is 15.5 Å². The van der Waals surface area contributed by atoms with Gasteiger partial charge in [0.05, 0.1) is 12.1 Å². The van der Waals surface area contributed by atoms with Crippen LogP contribution in [-0.2, 0) is 27.2 Å². The zero-order chi connectivity index (χ0) is 29.8. The zero-order valence-corrected chi connectivity index (χ0v) is 23.7. The Balaban J connectivity index is 1.43. The molecule has 1 heterocycles. The van der Waals surface area contributed by atoms with Gasteiger partial charge in [0, 0.05) is 24.4 Å². The van der Waals surface area contributed by atoms with Crippen LogP contribution >= 0.6 is 0 Å². The average molecular weight is 568 g/mol. The molecule has 2 aliphatic rings. The number of benzene rings is 3. The summed E-state index contributed by atoms with van der Waals surface area (Å²) >= 11 is 0. The molecule has 42 heavy (non-hydrogen) atoms. The smallest absolute Gasteiger partial charge is 0.248 e. The van der Waals surface area contributed by atoms with Crippen molar-refractivity contribution in [3.8, 4) is 0 Å². The fourth-order valence-corrected chi connectivity index (χ4v) is 6.06. The Bertz CT molecular complexity index is 1470. The number of nitrogens with zero attached hydrogens (tertiary/aromatic N) is 1. The van der Waals surface area contributed by atoms with Gasteiger partial charge in [0.1, 0.15) is 12.1 Å². The van der Waals surface area contributed by atoms with Crippen molar-refractivity contribution in [3.63, 3.8) is 0 Å². The summed E-state index contributed by atoms with van der Waals surface area (Å²) in [7, 11) is 0. The van der Waals surface area contributed by atoms with Crippen LogP contribution in [0.2, 0.25) is 0 Å². The highest BCUT2D eigenvalue weighted by atomic mass is 16.2. The zero-order valence-electron chi connectivity index (χ0n) is 23.7. The summed E-state index contributed by atoms with van der Waals surface area (Å²) < 4.78 is 0. The van der Waals surface area contributed by atoms with Crippen molar-refractivity contribution >= 4 is 23.6 Å². The van der Waals surface area contributed by atoms with E-state index in [1.54, 1.807) is 36.1 Å². The highest BCUT2D eigenvalue weighted by molar-refractivity contribution is 5.94. The number of hydrogen-bond acceptors (Lipinski definition) is 5. The number of nitrogens with one attached hydrogen (secondary N) is 2. The predicted octanol–water partition coefficient (Wildman–Crippen LogP) is 2.35. The van der Waals surface area contributed by atoms with E-state index in [0.717, 1.165) is 24.0 Å². The number of amides is 4. The molecule has 9 nitrogen and oxygen atoms in total. The van der Waals surface area contributed by atoms with Gasteiger partial charge in [0.15, 0.2) is 0 Å². The first kappa shape index (κ1) is 29.0. The molecule has 4 amide bonds.